The number of hydrogen-bond acceptors (Lipinski definition) is 4. The molecule has 0 unspecified atom stereocenters. The molecular weight excluding hydrogens is 312 g/mol. The molecule has 0 fully saturated rings. The van der Waals surface area contributed by atoms with Gasteiger partial charge in [-0.05, 0) is 30.3 Å². The number of benzene rings is 2. The third kappa shape index (κ3) is 3.40. The molecule has 2 N–H and O–H groups in total. The maximum Gasteiger partial charge on any atom is 0.264 e. The molecule has 112 valence electrons. The van der Waals surface area contributed by atoms with E-state index in [1.807, 2.05) is 0 Å². The number of ether oxygens (including phenoxy) is 1. The summed E-state index contributed by atoms with van der Waals surface area (Å²) in [4.78, 5) is 0.148. The average Bonchev–Trinajstić information content (AvgIpc) is 2.47. The van der Waals surface area contributed by atoms with Crippen LogP contribution in [0, 0.1) is 0 Å². The normalized spacial score (nSPS) is 11.0. The van der Waals surface area contributed by atoms with Crippen LogP contribution in [0.4, 0.5) is 11.4 Å². The van der Waals surface area contributed by atoms with E-state index in [1.165, 1.54) is 19.2 Å². The van der Waals surface area contributed by atoms with Gasteiger partial charge in [0.2, 0.25) is 0 Å². The molecule has 0 saturated carbocycles. The smallest absolute Gasteiger partial charge is 0.264 e. The molecule has 0 aliphatic carbocycles. The number of methoxy groups -OCH3 is 1. The van der Waals surface area contributed by atoms with Gasteiger partial charge >= 0.3 is 0 Å². The van der Waals surface area contributed by atoms with Crippen molar-refractivity contribution in [1.29, 1.82) is 0 Å². The zero-order chi connectivity index (χ0) is 15.5. The third-order valence-electron chi connectivity index (χ3n) is 2.85. The Hall–Kier alpha value is -1.92. The number of anilines is 2. The standard InChI is InChI=1S/C14H15ClN2O3S/c1-16-11-5-3-4-6-14(11)21(18,19)17-12-9-10(15)7-8-13(12)20-2/h3-9,16-17H,1-2H3. The first-order valence-corrected chi connectivity index (χ1v) is 7.97. The van der Waals surface area contributed by atoms with E-state index in [0.29, 0.717) is 16.5 Å². The van der Waals surface area contributed by atoms with Crippen LogP contribution in [0.3, 0.4) is 0 Å². The van der Waals surface area contributed by atoms with Gasteiger partial charge in [-0.25, -0.2) is 8.42 Å². The molecule has 0 saturated heterocycles. The summed E-state index contributed by atoms with van der Waals surface area (Å²) in [5.41, 5.74) is 0.793. The van der Waals surface area contributed by atoms with Crippen LogP contribution in [-0.4, -0.2) is 22.6 Å². The predicted molar refractivity (Wildman–Crippen MR) is 84.8 cm³/mol. The molecule has 0 aliphatic rings. The molecule has 7 heteroatoms. The Labute approximate surface area is 128 Å². The zero-order valence-electron chi connectivity index (χ0n) is 11.6. The Kier molecular flexibility index (Phi) is 4.59. The number of nitrogens with one attached hydrogen (secondary N) is 2. The molecule has 2 aromatic rings. The molecule has 21 heavy (non-hydrogen) atoms. The van der Waals surface area contributed by atoms with Crippen molar-refractivity contribution in [3.05, 3.63) is 47.5 Å². The van der Waals surface area contributed by atoms with Crippen molar-refractivity contribution < 1.29 is 13.2 Å². The van der Waals surface area contributed by atoms with Gasteiger partial charge in [-0.1, -0.05) is 23.7 Å². The first-order chi connectivity index (χ1) is 9.97. The van der Waals surface area contributed by atoms with Crippen LogP contribution in [0.15, 0.2) is 47.4 Å². The molecule has 0 spiro atoms. The molecule has 2 aromatic carbocycles. The van der Waals surface area contributed by atoms with Crippen molar-refractivity contribution in [3.63, 3.8) is 0 Å². The number of rotatable bonds is 5. The van der Waals surface area contributed by atoms with Crippen molar-refractivity contribution in [2.24, 2.45) is 0 Å². The predicted octanol–water partition coefficient (Wildman–Crippen LogP) is 3.19. The van der Waals surface area contributed by atoms with E-state index in [-0.39, 0.29) is 10.6 Å². The Bertz CT molecular complexity index is 748. The van der Waals surface area contributed by atoms with E-state index >= 15 is 0 Å². The van der Waals surface area contributed by atoms with E-state index < -0.39 is 10.0 Å². The summed E-state index contributed by atoms with van der Waals surface area (Å²) in [6.07, 6.45) is 0. The first-order valence-electron chi connectivity index (χ1n) is 6.11. The number of para-hydroxylation sites is 1. The molecule has 0 aromatic heterocycles. The maximum atomic E-state index is 12.5. The minimum atomic E-state index is -3.76. The van der Waals surface area contributed by atoms with Crippen LogP contribution in [0.1, 0.15) is 0 Å². The minimum Gasteiger partial charge on any atom is -0.495 e. The highest BCUT2D eigenvalue weighted by atomic mass is 35.5. The van der Waals surface area contributed by atoms with Crippen molar-refractivity contribution in [2.75, 3.05) is 24.2 Å². The summed E-state index contributed by atoms with van der Waals surface area (Å²) in [7, 11) is -0.635. The average molecular weight is 327 g/mol. The highest BCUT2D eigenvalue weighted by Crippen LogP contribution is 2.31. The van der Waals surface area contributed by atoms with Gasteiger partial charge in [0.1, 0.15) is 10.6 Å². The SMILES string of the molecule is CNc1ccccc1S(=O)(=O)Nc1cc(Cl)ccc1OC. The Morgan fingerprint density at radius 3 is 2.48 bits per heavy atom. The van der Waals surface area contributed by atoms with Crippen molar-refractivity contribution >= 4 is 33.0 Å². The Balaban J connectivity index is 2.45. The second-order valence-electron chi connectivity index (χ2n) is 4.20. The van der Waals surface area contributed by atoms with Gasteiger partial charge in [0.05, 0.1) is 18.5 Å². The second kappa shape index (κ2) is 6.24. The third-order valence-corrected chi connectivity index (χ3v) is 4.51. The highest BCUT2D eigenvalue weighted by Gasteiger charge is 2.19. The highest BCUT2D eigenvalue weighted by molar-refractivity contribution is 7.92. The minimum absolute atomic E-state index is 0.148. The van der Waals surface area contributed by atoms with Gasteiger partial charge in [-0.15, -0.1) is 0 Å². The van der Waals surface area contributed by atoms with E-state index in [2.05, 4.69) is 10.0 Å². The van der Waals surface area contributed by atoms with Crippen LogP contribution >= 0.6 is 11.6 Å². The lowest BCUT2D eigenvalue weighted by Crippen LogP contribution is -2.15. The van der Waals surface area contributed by atoms with Crippen LogP contribution in [0.25, 0.3) is 0 Å². The molecule has 5 nitrogen and oxygen atoms in total. The molecule has 0 heterocycles. The van der Waals surface area contributed by atoms with Gasteiger partial charge in [-0.3, -0.25) is 4.72 Å². The summed E-state index contributed by atoms with van der Waals surface area (Å²) in [5.74, 6) is 0.393. The van der Waals surface area contributed by atoms with E-state index in [4.69, 9.17) is 16.3 Å². The monoisotopic (exact) mass is 326 g/mol. The lowest BCUT2D eigenvalue weighted by Gasteiger charge is -2.14. The fraction of sp³-hybridized carbons (Fsp3) is 0.143. The quantitative estimate of drug-likeness (QED) is 0.885. The summed E-state index contributed by atoms with van der Waals surface area (Å²) in [6.45, 7) is 0. The van der Waals surface area contributed by atoms with Crippen LogP contribution in [0.5, 0.6) is 5.75 Å². The van der Waals surface area contributed by atoms with Crippen molar-refractivity contribution in [3.8, 4) is 5.75 Å². The van der Waals surface area contributed by atoms with Crippen molar-refractivity contribution in [1.82, 2.24) is 0 Å². The second-order valence-corrected chi connectivity index (χ2v) is 6.28. The number of hydrogen-bond donors (Lipinski definition) is 2. The van der Waals surface area contributed by atoms with Crippen LogP contribution in [-0.2, 0) is 10.0 Å². The Morgan fingerprint density at radius 1 is 1.10 bits per heavy atom. The van der Waals surface area contributed by atoms with Gasteiger partial charge < -0.3 is 10.1 Å². The van der Waals surface area contributed by atoms with Gasteiger partial charge in [-0.2, -0.15) is 0 Å². The molecule has 0 radical (unpaired) electrons. The first kappa shape index (κ1) is 15.5. The zero-order valence-corrected chi connectivity index (χ0v) is 13.1. The fourth-order valence-electron chi connectivity index (χ4n) is 1.87. The van der Waals surface area contributed by atoms with Gasteiger partial charge in [0.25, 0.3) is 10.0 Å². The van der Waals surface area contributed by atoms with Gasteiger partial charge in [0.15, 0.2) is 0 Å². The lowest BCUT2D eigenvalue weighted by atomic mass is 10.3. The molecule has 0 atom stereocenters. The largest absolute Gasteiger partial charge is 0.495 e. The fourth-order valence-corrected chi connectivity index (χ4v) is 3.32. The van der Waals surface area contributed by atoms with Crippen molar-refractivity contribution in [2.45, 2.75) is 4.90 Å². The number of sulfonamides is 1. The van der Waals surface area contributed by atoms with Gasteiger partial charge in [0, 0.05) is 12.1 Å². The summed E-state index contributed by atoms with van der Waals surface area (Å²) < 4.78 is 32.7. The van der Waals surface area contributed by atoms with E-state index in [1.54, 1.807) is 37.4 Å². The summed E-state index contributed by atoms with van der Waals surface area (Å²) in [5, 5.41) is 3.26. The van der Waals surface area contributed by atoms with E-state index in [9.17, 15) is 8.42 Å². The Morgan fingerprint density at radius 2 is 1.81 bits per heavy atom. The molecule has 0 amide bonds. The summed E-state index contributed by atoms with van der Waals surface area (Å²) >= 11 is 5.90. The maximum absolute atomic E-state index is 12.5. The van der Waals surface area contributed by atoms with E-state index in [0.717, 1.165) is 0 Å². The molecule has 2 rings (SSSR count). The van der Waals surface area contributed by atoms with Crippen LogP contribution < -0.4 is 14.8 Å². The topological polar surface area (TPSA) is 67.4 Å². The summed E-state index contributed by atoms with van der Waals surface area (Å²) in [6, 6.07) is 11.3. The lowest BCUT2D eigenvalue weighted by molar-refractivity contribution is 0.417. The molecule has 0 aliphatic heterocycles. The van der Waals surface area contributed by atoms with Crippen LogP contribution in [0.2, 0.25) is 5.02 Å². The molecule has 0 bridgehead atoms. The molecular formula is C14H15ClN2O3S. The number of halogens is 1.